The Hall–Kier alpha value is -2.00. The van der Waals surface area contributed by atoms with Gasteiger partial charge < -0.3 is 13.9 Å². The number of benzene rings is 1. The van der Waals surface area contributed by atoms with E-state index in [-0.39, 0.29) is 23.0 Å². The number of halogens is 3. The minimum Gasteiger partial charge on any atom is -0.487 e. The highest BCUT2D eigenvalue weighted by molar-refractivity contribution is 6.74. The zero-order valence-electron chi connectivity index (χ0n) is 17.3. The number of aromatic nitrogens is 2. The fraction of sp³-hybridized carbons (Fsp3) is 0.550. The molecule has 0 unspecified atom stereocenters. The van der Waals surface area contributed by atoms with E-state index in [9.17, 15) is 13.2 Å². The van der Waals surface area contributed by atoms with Crippen LogP contribution in [0, 0.1) is 0 Å². The molecule has 1 aromatic heterocycles. The van der Waals surface area contributed by atoms with E-state index >= 15 is 0 Å². The predicted molar refractivity (Wildman–Crippen MR) is 106 cm³/mol. The van der Waals surface area contributed by atoms with Crippen molar-refractivity contribution in [2.45, 2.75) is 70.3 Å². The third kappa shape index (κ3) is 5.54. The van der Waals surface area contributed by atoms with Crippen LogP contribution in [0.15, 0.2) is 36.7 Å². The van der Waals surface area contributed by atoms with Crippen LogP contribution in [0.25, 0.3) is 5.69 Å². The topological polar surface area (TPSA) is 45.5 Å². The summed E-state index contributed by atoms with van der Waals surface area (Å²) >= 11 is 0. The third-order valence-electron chi connectivity index (χ3n) is 5.52. The van der Waals surface area contributed by atoms with E-state index in [0.717, 1.165) is 12.8 Å². The Labute approximate surface area is 169 Å². The summed E-state index contributed by atoms with van der Waals surface area (Å²) in [5.41, 5.74) is 0.613. The standard InChI is InChI=1S/C20H27F3N2O3Si/c1-19(2,3)29(4,5)28-17-10-16(11-17)26-18-12-24-25(13-18)14-6-8-15(9-7-14)27-20(21,22)23/h6-9,12-13,16-17H,10-11H2,1-5H3. The van der Waals surface area contributed by atoms with Crippen LogP contribution in [0.4, 0.5) is 13.2 Å². The lowest BCUT2D eigenvalue weighted by molar-refractivity contribution is -0.274. The highest BCUT2D eigenvalue weighted by Crippen LogP contribution is 2.40. The molecular weight excluding hydrogens is 401 g/mol. The van der Waals surface area contributed by atoms with Crippen LogP contribution >= 0.6 is 0 Å². The predicted octanol–water partition coefficient (Wildman–Crippen LogP) is 5.70. The van der Waals surface area contributed by atoms with E-state index < -0.39 is 14.7 Å². The molecule has 0 aliphatic heterocycles. The van der Waals surface area contributed by atoms with Gasteiger partial charge in [0.1, 0.15) is 11.9 Å². The average molecular weight is 429 g/mol. The summed E-state index contributed by atoms with van der Waals surface area (Å²) in [6.07, 6.45) is 0.622. The molecule has 160 valence electrons. The Balaban J connectivity index is 1.52. The monoisotopic (exact) mass is 428 g/mol. The number of alkyl halides is 3. The van der Waals surface area contributed by atoms with Crippen molar-refractivity contribution < 1.29 is 27.1 Å². The van der Waals surface area contributed by atoms with Crippen LogP contribution < -0.4 is 9.47 Å². The van der Waals surface area contributed by atoms with Crippen LogP contribution in [0.2, 0.25) is 18.1 Å². The zero-order valence-corrected chi connectivity index (χ0v) is 18.3. The molecule has 0 amide bonds. The first-order chi connectivity index (χ1) is 13.3. The van der Waals surface area contributed by atoms with Gasteiger partial charge in [-0.05, 0) is 42.4 Å². The number of rotatable bonds is 6. The van der Waals surface area contributed by atoms with Crippen molar-refractivity contribution in [3.63, 3.8) is 0 Å². The van der Waals surface area contributed by atoms with Gasteiger partial charge in [-0.25, -0.2) is 4.68 Å². The lowest BCUT2D eigenvalue weighted by atomic mass is 9.92. The van der Waals surface area contributed by atoms with E-state index in [1.807, 2.05) is 0 Å². The van der Waals surface area contributed by atoms with Crippen LogP contribution in [0.1, 0.15) is 33.6 Å². The molecule has 3 rings (SSSR count). The van der Waals surface area contributed by atoms with Crippen molar-refractivity contribution in [3.8, 4) is 17.2 Å². The summed E-state index contributed by atoms with van der Waals surface area (Å²) < 4.78 is 54.5. The Morgan fingerprint density at radius 1 is 1.00 bits per heavy atom. The van der Waals surface area contributed by atoms with Crippen LogP contribution in [-0.2, 0) is 4.43 Å². The molecule has 0 radical (unpaired) electrons. The summed E-state index contributed by atoms with van der Waals surface area (Å²) in [6.45, 7) is 11.2. The molecule has 1 aliphatic carbocycles. The Kier molecular flexibility index (Phi) is 5.75. The molecule has 0 bridgehead atoms. The van der Waals surface area contributed by atoms with Crippen molar-refractivity contribution >= 4 is 8.32 Å². The first kappa shape index (κ1) is 21.7. The molecule has 2 aromatic rings. The lowest BCUT2D eigenvalue weighted by Crippen LogP contribution is -2.50. The summed E-state index contributed by atoms with van der Waals surface area (Å²) in [7, 11) is -1.77. The molecule has 1 fully saturated rings. The Bertz CT molecular complexity index is 823. The minimum atomic E-state index is -4.71. The smallest absolute Gasteiger partial charge is 0.487 e. The zero-order chi connectivity index (χ0) is 21.4. The van der Waals surface area contributed by atoms with Crippen molar-refractivity contribution in [3.05, 3.63) is 36.7 Å². The van der Waals surface area contributed by atoms with Gasteiger partial charge in [-0.1, -0.05) is 20.8 Å². The van der Waals surface area contributed by atoms with Crippen LogP contribution in [-0.4, -0.2) is 36.7 Å². The van der Waals surface area contributed by atoms with Gasteiger partial charge in [-0.2, -0.15) is 5.10 Å². The van der Waals surface area contributed by atoms with Crippen molar-refractivity contribution in [2.75, 3.05) is 0 Å². The molecule has 9 heteroatoms. The van der Waals surface area contributed by atoms with Gasteiger partial charge >= 0.3 is 6.36 Å². The molecule has 1 saturated carbocycles. The molecule has 1 heterocycles. The second kappa shape index (κ2) is 7.68. The van der Waals surface area contributed by atoms with Gasteiger partial charge in [-0.15, -0.1) is 13.2 Å². The average Bonchev–Trinajstić information content (AvgIpc) is 2.99. The molecule has 5 nitrogen and oxygen atoms in total. The molecular formula is C20H27F3N2O3Si. The summed E-state index contributed by atoms with van der Waals surface area (Å²) in [5.74, 6) is 0.350. The van der Waals surface area contributed by atoms with Gasteiger partial charge in [-0.3, -0.25) is 0 Å². The molecule has 1 aromatic carbocycles. The van der Waals surface area contributed by atoms with Crippen molar-refractivity contribution in [2.24, 2.45) is 0 Å². The lowest BCUT2D eigenvalue weighted by Gasteiger charge is -2.44. The van der Waals surface area contributed by atoms with E-state index in [1.165, 1.54) is 24.3 Å². The fourth-order valence-electron chi connectivity index (χ4n) is 2.80. The van der Waals surface area contributed by atoms with Gasteiger partial charge in [0.15, 0.2) is 14.1 Å². The highest BCUT2D eigenvalue weighted by Gasteiger charge is 2.43. The maximum absolute atomic E-state index is 12.2. The molecule has 0 atom stereocenters. The first-order valence-corrected chi connectivity index (χ1v) is 12.5. The van der Waals surface area contributed by atoms with Crippen molar-refractivity contribution in [1.29, 1.82) is 0 Å². The van der Waals surface area contributed by atoms with Gasteiger partial charge in [0, 0.05) is 12.8 Å². The van der Waals surface area contributed by atoms with Gasteiger partial charge in [0.05, 0.1) is 24.2 Å². The van der Waals surface area contributed by atoms with E-state index in [4.69, 9.17) is 9.16 Å². The normalized spacial score (nSPS) is 20.3. The van der Waals surface area contributed by atoms with Gasteiger partial charge in [0.25, 0.3) is 0 Å². The summed E-state index contributed by atoms with van der Waals surface area (Å²) in [4.78, 5) is 0. The van der Waals surface area contributed by atoms with E-state index in [0.29, 0.717) is 11.4 Å². The largest absolute Gasteiger partial charge is 0.573 e. The summed E-state index contributed by atoms with van der Waals surface area (Å²) in [6, 6.07) is 5.51. The molecule has 0 N–H and O–H groups in total. The third-order valence-corrected chi connectivity index (χ3v) is 10.1. The van der Waals surface area contributed by atoms with Gasteiger partial charge in [0.2, 0.25) is 0 Å². The number of ether oxygens (including phenoxy) is 2. The molecule has 1 aliphatic rings. The summed E-state index contributed by atoms with van der Waals surface area (Å²) in [5, 5.41) is 4.40. The minimum absolute atomic E-state index is 0.0879. The van der Waals surface area contributed by atoms with E-state index in [2.05, 4.69) is 43.7 Å². The second-order valence-corrected chi connectivity index (χ2v) is 13.6. The van der Waals surface area contributed by atoms with Crippen LogP contribution in [0.5, 0.6) is 11.5 Å². The molecule has 0 spiro atoms. The SMILES string of the molecule is CC(C)(C)[Si](C)(C)OC1CC(Oc2cnn(-c3ccc(OC(F)(F)F)cc3)c2)C1. The quantitative estimate of drug-likeness (QED) is 0.554. The van der Waals surface area contributed by atoms with Crippen LogP contribution in [0.3, 0.4) is 0 Å². The number of hydrogen-bond acceptors (Lipinski definition) is 4. The molecule has 0 saturated heterocycles. The second-order valence-electron chi connectivity index (χ2n) is 8.87. The Morgan fingerprint density at radius 3 is 2.17 bits per heavy atom. The maximum Gasteiger partial charge on any atom is 0.573 e. The first-order valence-electron chi connectivity index (χ1n) is 9.58. The Morgan fingerprint density at radius 2 is 1.62 bits per heavy atom. The van der Waals surface area contributed by atoms with Crippen molar-refractivity contribution in [1.82, 2.24) is 9.78 Å². The molecule has 29 heavy (non-hydrogen) atoms. The fourth-order valence-corrected chi connectivity index (χ4v) is 4.18. The van der Waals surface area contributed by atoms with E-state index in [1.54, 1.807) is 17.1 Å². The number of nitrogens with zero attached hydrogens (tertiary/aromatic N) is 2. The number of hydrogen-bond donors (Lipinski definition) is 0. The highest BCUT2D eigenvalue weighted by atomic mass is 28.4. The maximum atomic E-state index is 12.2.